The van der Waals surface area contributed by atoms with E-state index in [4.69, 9.17) is 4.74 Å². The van der Waals surface area contributed by atoms with Gasteiger partial charge in [0.05, 0.1) is 6.10 Å². The molecular formula is C14H21NOS. The smallest absolute Gasteiger partial charge is 0.119 e. The molecule has 1 unspecified atom stereocenters. The number of rotatable bonds is 4. The summed E-state index contributed by atoms with van der Waals surface area (Å²) < 4.78 is 5.63. The first-order valence-electron chi connectivity index (χ1n) is 6.35. The van der Waals surface area contributed by atoms with E-state index < -0.39 is 0 Å². The van der Waals surface area contributed by atoms with Crippen LogP contribution in [0.3, 0.4) is 0 Å². The van der Waals surface area contributed by atoms with E-state index in [0.29, 0.717) is 6.04 Å². The van der Waals surface area contributed by atoms with Gasteiger partial charge >= 0.3 is 0 Å². The number of hydrogen-bond donors (Lipinski definition) is 1. The van der Waals surface area contributed by atoms with Gasteiger partial charge in [0.15, 0.2) is 0 Å². The quantitative estimate of drug-likeness (QED) is 0.880. The average molecular weight is 251 g/mol. The fourth-order valence-electron chi connectivity index (χ4n) is 1.99. The molecule has 1 saturated heterocycles. The Hall–Kier alpha value is -0.830. The highest BCUT2D eigenvalue weighted by atomic mass is 32.2. The van der Waals surface area contributed by atoms with Crippen LogP contribution in [-0.2, 0) is 0 Å². The topological polar surface area (TPSA) is 21.3 Å². The lowest BCUT2D eigenvalue weighted by Gasteiger charge is -2.23. The standard InChI is InChI=1S/C14H21NOS/c1-11(2)16-14-7-5-12(6-8-14)15-13-4-3-9-17-10-13/h5-8,11,13,15H,3-4,9-10H2,1-2H3. The van der Waals surface area contributed by atoms with Gasteiger partial charge in [0.2, 0.25) is 0 Å². The predicted octanol–water partition coefficient (Wildman–Crippen LogP) is 3.78. The maximum absolute atomic E-state index is 5.63. The minimum absolute atomic E-state index is 0.239. The molecule has 0 aliphatic carbocycles. The van der Waals surface area contributed by atoms with Crippen LogP contribution in [0.5, 0.6) is 5.75 Å². The molecule has 1 N–H and O–H groups in total. The van der Waals surface area contributed by atoms with Crippen LogP contribution in [-0.4, -0.2) is 23.7 Å². The van der Waals surface area contributed by atoms with Crippen molar-refractivity contribution in [3.8, 4) is 5.75 Å². The van der Waals surface area contributed by atoms with Gasteiger partial charge in [-0.1, -0.05) is 0 Å². The van der Waals surface area contributed by atoms with Gasteiger partial charge < -0.3 is 10.1 Å². The highest BCUT2D eigenvalue weighted by Crippen LogP contribution is 2.22. The van der Waals surface area contributed by atoms with Gasteiger partial charge in [-0.15, -0.1) is 0 Å². The van der Waals surface area contributed by atoms with Crippen LogP contribution in [0, 0.1) is 0 Å². The average Bonchev–Trinajstić information content (AvgIpc) is 2.32. The molecule has 0 bridgehead atoms. The molecule has 1 atom stereocenters. The summed E-state index contributed by atoms with van der Waals surface area (Å²) >= 11 is 2.05. The number of benzene rings is 1. The predicted molar refractivity (Wildman–Crippen MR) is 76.2 cm³/mol. The van der Waals surface area contributed by atoms with Gasteiger partial charge in [-0.2, -0.15) is 11.8 Å². The largest absolute Gasteiger partial charge is 0.491 e. The van der Waals surface area contributed by atoms with Crippen LogP contribution in [0.25, 0.3) is 0 Å². The maximum Gasteiger partial charge on any atom is 0.119 e. The number of ether oxygens (including phenoxy) is 1. The van der Waals surface area contributed by atoms with E-state index in [1.165, 1.54) is 30.0 Å². The molecule has 0 spiro atoms. The summed E-state index contributed by atoms with van der Waals surface area (Å²) in [4.78, 5) is 0. The summed E-state index contributed by atoms with van der Waals surface area (Å²) in [6.07, 6.45) is 2.86. The lowest BCUT2D eigenvalue weighted by molar-refractivity contribution is 0.242. The van der Waals surface area contributed by atoms with Crippen molar-refractivity contribution in [2.45, 2.75) is 38.8 Å². The third-order valence-electron chi connectivity index (χ3n) is 2.76. The van der Waals surface area contributed by atoms with E-state index in [1.807, 2.05) is 37.7 Å². The van der Waals surface area contributed by atoms with E-state index in [0.717, 1.165) is 5.75 Å². The highest BCUT2D eigenvalue weighted by Gasteiger charge is 2.13. The first-order chi connectivity index (χ1) is 8.24. The Morgan fingerprint density at radius 3 is 2.65 bits per heavy atom. The SMILES string of the molecule is CC(C)Oc1ccc(NC2CCCSC2)cc1. The van der Waals surface area contributed by atoms with Gasteiger partial charge in [-0.25, -0.2) is 0 Å². The Kier molecular flexibility index (Phi) is 4.60. The zero-order valence-electron chi connectivity index (χ0n) is 10.6. The first kappa shape index (κ1) is 12.6. The van der Waals surface area contributed by atoms with Crippen molar-refractivity contribution in [3.63, 3.8) is 0 Å². The third-order valence-corrected chi connectivity index (χ3v) is 3.97. The Morgan fingerprint density at radius 1 is 1.29 bits per heavy atom. The highest BCUT2D eigenvalue weighted by molar-refractivity contribution is 7.99. The molecule has 1 fully saturated rings. The minimum atomic E-state index is 0.239. The second-order valence-corrected chi connectivity index (χ2v) is 5.90. The Labute approximate surface area is 108 Å². The number of thioether (sulfide) groups is 1. The molecule has 0 aromatic heterocycles. The van der Waals surface area contributed by atoms with Crippen molar-refractivity contribution in [2.75, 3.05) is 16.8 Å². The zero-order chi connectivity index (χ0) is 12.1. The number of anilines is 1. The fraction of sp³-hybridized carbons (Fsp3) is 0.571. The molecule has 2 nitrogen and oxygen atoms in total. The molecule has 2 rings (SSSR count). The maximum atomic E-state index is 5.63. The number of nitrogens with one attached hydrogen (secondary N) is 1. The molecular weight excluding hydrogens is 230 g/mol. The first-order valence-corrected chi connectivity index (χ1v) is 7.50. The van der Waals surface area contributed by atoms with Crippen molar-refractivity contribution in [2.24, 2.45) is 0 Å². The summed E-state index contributed by atoms with van der Waals surface area (Å²) in [5, 5.41) is 3.58. The molecule has 1 aromatic carbocycles. The second kappa shape index (κ2) is 6.20. The Balaban J connectivity index is 1.88. The molecule has 0 radical (unpaired) electrons. The van der Waals surface area contributed by atoms with E-state index >= 15 is 0 Å². The second-order valence-electron chi connectivity index (χ2n) is 4.75. The van der Waals surface area contributed by atoms with Crippen LogP contribution in [0.1, 0.15) is 26.7 Å². The van der Waals surface area contributed by atoms with Gasteiger partial charge in [0.25, 0.3) is 0 Å². The molecule has 17 heavy (non-hydrogen) atoms. The van der Waals surface area contributed by atoms with Gasteiger partial charge in [-0.3, -0.25) is 0 Å². The molecule has 94 valence electrons. The minimum Gasteiger partial charge on any atom is -0.491 e. The molecule has 3 heteroatoms. The molecule has 0 amide bonds. The van der Waals surface area contributed by atoms with Crippen molar-refractivity contribution in [1.82, 2.24) is 0 Å². The fourth-order valence-corrected chi connectivity index (χ4v) is 3.06. The summed E-state index contributed by atoms with van der Waals surface area (Å²) in [6.45, 7) is 4.09. The van der Waals surface area contributed by atoms with E-state index in [-0.39, 0.29) is 6.10 Å². The number of hydrogen-bond acceptors (Lipinski definition) is 3. The van der Waals surface area contributed by atoms with Crippen molar-refractivity contribution in [1.29, 1.82) is 0 Å². The van der Waals surface area contributed by atoms with Crippen molar-refractivity contribution >= 4 is 17.4 Å². The molecule has 1 heterocycles. The molecule has 1 aliphatic rings. The van der Waals surface area contributed by atoms with Crippen LogP contribution in [0.4, 0.5) is 5.69 Å². The normalized spacial score (nSPS) is 20.3. The van der Waals surface area contributed by atoms with E-state index in [2.05, 4.69) is 17.4 Å². The van der Waals surface area contributed by atoms with Crippen LogP contribution < -0.4 is 10.1 Å². The van der Waals surface area contributed by atoms with Crippen molar-refractivity contribution in [3.05, 3.63) is 24.3 Å². The Morgan fingerprint density at radius 2 is 2.06 bits per heavy atom. The molecule has 1 aromatic rings. The van der Waals surface area contributed by atoms with Gasteiger partial charge in [0.1, 0.15) is 5.75 Å². The van der Waals surface area contributed by atoms with Crippen LogP contribution in [0.15, 0.2) is 24.3 Å². The summed E-state index contributed by atoms with van der Waals surface area (Å²) in [5.74, 6) is 3.49. The summed E-state index contributed by atoms with van der Waals surface area (Å²) in [6, 6.07) is 8.93. The van der Waals surface area contributed by atoms with Crippen LogP contribution >= 0.6 is 11.8 Å². The Bertz CT molecular complexity index is 331. The van der Waals surface area contributed by atoms with Gasteiger partial charge in [-0.05, 0) is 56.7 Å². The van der Waals surface area contributed by atoms with Crippen molar-refractivity contribution < 1.29 is 4.74 Å². The molecule has 1 aliphatic heterocycles. The monoisotopic (exact) mass is 251 g/mol. The third kappa shape index (κ3) is 4.15. The van der Waals surface area contributed by atoms with Gasteiger partial charge in [0, 0.05) is 17.5 Å². The molecule has 0 saturated carbocycles. The van der Waals surface area contributed by atoms with E-state index in [9.17, 15) is 0 Å². The van der Waals surface area contributed by atoms with Crippen LogP contribution in [0.2, 0.25) is 0 Å². The zero-order valence-corrected chi connectivity index (χ0v) is 11.4. The lowest BCUT2D eigenvalue weighted by atomic mass is 10.1. The summed E-state index contributed by atoms with van der Waals surface area (Å²) in [7, 11) is 0. The van der Waals surface area contributed by atoms with E-state index in [1.54, 1.807) is 0 Å². The summed E-state index contributed by atoms with van der Waals surface area (Å²) in [5.41, 5.74) is 1.20. The lowest BCUT2D eigenvalue weighted by Crippen LogP contribution is -2.25.